The average Bonchev–Trinajstić information content (AvgIpc) is 2.87. The van der Waals surface area contributed by atoms with Crippen molar-refractivity contribution in [1.29, 1.82) is 0 Å². The monoisotopic (exact) mass is 298 g/mol. The van der Waals surface area contributed by atoms with E-state index in [0.717, 1.165) is 51.9 Å². The number of guanidine groups is 1. The molecule has 1 unspecified atom stereocenters. The van der Waals surface area contributed by atoms with Crippen LogP contribution in [0, 0.1) is 5.92 Å². The molecule has 124 valence electrons. The highest BCUT2D eigenvalue weighted by atomic mass is 16.5. The van der Waals surface area contributed by atoms with Crippen LogP contribution >= 0.6 is 0 Å². The lowest BCUT2D eigenvalue weighted by molar-refractivity contribution is 0.114. The molecule has 1 heterocycles. The van der Waals surface area contributed by atoms with E-state index in [1.165, 1.54) is 6.42 Å². The normalized spacial score (nSPS) is 20.1. The molecule has 21 heavy (non-hydrogen) atoms. The van der Waals surface area contributed by atoms with Crippen LogP contribution in [0.5, 0.6) is 0 Å². The summed E-state index contributed by atoms with van der Waals surface area (Å²) in [6, 6.07) is 0. The lowest BCUT2D eigenvalue weighted by atomic mass is 10.1. The Bertz CT molecular complexity index is 312. The molecule has 0 saturated carbocycles. The molecule has 0 aliphatic carbocycles. The van der Waals surface area contributed by atoms with Gasteiger partial charge in [0.15, 0.2) is 5.96 Å². The van der Waals surface area contributed by atoms with E-state index in [1.807, 2.05) is 0 Å². The van der Waals surface area contributed by atoms with E-state index in [0.29, 0.717) is 5.92 Å². The lowest BCUT2D eigenvalue weighted by Crippen LogP contribution is -2.41. The summed E-state index contributed by atoms with van der Waals surface area (Å²) in [5.74, 6) is 1.69. The van der Waals surface area contributed by atoms with Gasteiger partial charge in [0.25, 0.3) is 0 Å². The molecule has 1 rings (SSSR count). The molecule has 0 aromatic carbocycles. The van der Waals surface area contributed by atoms with Crippen molar-refractivity contribution < 1.29 is 4.74 Å². The molecule has 1 atom stereocenters. The number of aliphatic imine (C=N–C) groups is 1. The van der Waals surface area contributed by atoms with Gasteiger partial charge >= 0.3 is 0 Å². The van der Waals surface area contributed by atoms with E-state index < -0.39 is 0 Å². The van der Waals surface area contributed by atoms with Crippen molar-refractivity contribution in [3.05, 3.63) is 0 Å². The van der Waals surface area contributed by atoms with Gasteiger partial charge in [0.2, 0.25) is 0 Å². The van der Waals surface area contributed by atoms with Crippen molar-refractivity contribution in [3.63, 3.8) is 0 Å². The first-order valence-electron chi connectivity index (χ1n) is 8.32. The number of ether oxygens (including phenoxy) is 1. The predicted molar refractivity (Wildman–Crippen MR) is 89.9 cm³/mol. The Hall–Kier alpha value is -0.810. The van der Waals surface area contributed by atoms with Gasteiger partial charge in [-0.3, -0.25) is 4.99 Å². The standard InChI is InChI=1S/C16H34N4O/c1-6-17-15(18-9-10-19-16(3,4)5)20-11-8-14(12-20)13-21-7-2/h14,19H,6-13H2,1-5H3,(H,17,18). The quantitative estimate of drug-likeness (QED) is 0.427. The van der Waals surface area contributed by atoms with Crippen LogP contribution in [-0.2, 0) is 4.74 Å². The van der Waals surface area contributed by atoms with Crippen LogP contribution in [0.25, 0.3) is 0 Å². The van der Waals surface area contributed by atoms with Crippen molar-refractivity contribution in [1.82, 2.24) is 15.5 Å². The lowest BCUT2D eigenvalue weighted by Gasteiger charge is -2.23. The van der Waals surface area contributed by atoms with Crippen molar-refractivity contribution in [2.24, 2.45) is 10.9 Å². The second kappa shape index (κ2) is 9.26. The SMILES string of the molecule is CCNC(=NCCNC(C)(C)C)N1CCC(COCC)C1. The van der Waals surface area contributed by atoms with Crippen LogP contribution in [0.3, 0.4) is 0 Å². The number of hydrogen-bond donors (Lipinski definition) is 2. The third-order valence-corrected chi connectivity index (χ3v) is 3.51. The minimum absolute atomic E-state index is 0.157. The first kappa shape index (κ1) is 18.2. The second-order valence-electron chi connectivity index (χ2n) is 6.67. The second-order valence-corrected chi connectivity index (χ2v) is 6.67. The summed E-state index contributed by atoms with van der Waals surface area (Å²) in [6.45, 7) is 17.2. The first-order valence-corrected chi connectivity index (χ1v) is 8.32. The molecule has 1 aliphatic heterocycles. The summed E-state index contributed by atoms with van der Waals surface area (Å²) in [4.78, 5) is 7.11. The Morgan fingerprint density at radius 2 is 2.10 bits per heavy atom. The van der Waals surface area contributed by atoms with Crippen LogP contribution in [0.15, 0.2) is 4.99 Å². The number of nitrogens with one attached hydrogen (secondary N) is 2. The van der Waals surface area contributed by atoms with Gasteiger partial charge in [-0.2, -0.15) is 0 Å². The van der Waals surface area contributed by atoms with Crippen molar-refractivity contribution >= 4 is 5.96 Å². The third kappa shape index (κ3) is 7.67. The Kier molecular flexibility index (Phi) is 8.04. The molecule has 0 aromatic heterocycles. The smallest absolute Gasteiger partial charge is 0.193 e. The molecule has 1 saturated heterocycles. The van der Waals surface area contributed by atoms with E-state index in [9.17, 15) is 0 Å². The van der Waals surface area contributed by atoms with Crippen molar-refractivity contribution in [2.75, 3.05) is 45.9 Å². The van der Waals surface area contributed by atoms with Gasteiger partial charge in [-0.15, -0.1) is 0 Å². The van der Waals surface area contributed by atoms with Gasteiger partial charge in [-0.05, 0) is 41.0 Å². The Morgan fingerprint density at radius 1 is 1.33 bits per heavy atom. The van der Waals surface area contributed by atoms with Crippen molar-refractivity contribution in [2.45, 2.75) is 46.6 Å². The van der Waals surface area contributed by atoms with E-state index in [4.69, 9.17) is 9.73 Å². The van der Waals surface area contributed by atoms with E-state index in [-0.39, 0.29) is 5.54 Å². The summed E-state index contributed by atoms with van der Waals surface area (Å²) >= 11 is 0. The summed E-state index contributed by atoms with van der Waals surface area (Å²) in [5.41, 5.74) is 0.157. The molecular formula is C16H34N4O. The molecular weight excluding hydrogens is 264 g/mol. The molecule has 2 N–H and O–H groups in total. The maximum absolute atomic E-state index is 5.54. The third-order valence-electron chi connectivity index (χ3n) is 3.51. The minimum atomic E-state index is 0.157. The summed E-state index contributed by atoms with van der Waals surface area (Å²) in [7, 11) is 0. The van der Waals surface area contributed by atoms with E-state index in [2.05, 4.69) is 50.2 Å². The van der Waals surface area contributed by atoms with Gasteiger partial charge in [-0.25, -0.2) is 0 Å². The molecule has 0 amide bonds. The zero-order valence-corrected chi connectivity index (χ0v) is 14.5. The van der Waals surface area contributed by atoms with Crippen LogP contribution < -0.4 is 10.6 Å². The van der Waals surface area contributed by atoms with Crippen LogP contribution in [0.2, 0.25) is 0 Å². The fraction of sp³-hybridized carbons (Fsp3) is 0.938. The topological polar surface area (TPSA) is 48.9 Å². The van der Waals surface area contributed by atoms with Gasteiger partial charge in [0.1, 0.15) is 0 Å². The molecule has 0 aromatic rings. The van der Waals surface area contributed by atoms with E-state index in [1.54, 1.807) is 0 Å². The minimum Gasteiger partial charge on any atom is -0.381 e. The number of nitrogens with zero attached hydrogens (tertiary/aromatic N) is 2. The average molecular weight is 298 g/mol. The zero-order chi connectivity index (χ0) is 15.7. The van der Waals surface area contributed by atoms with Crippen molar-refractivity contribution in [3.8, 4) is 0 Å². The first-order chi connectivity index (χ1) is 9.96. The number of likely N-dealkylation sites (tertiary alicyclic amines) is 1. The fourth-order valence-electron chi connectivity index (χ4n) is 2.46. The molecule has 1 fully saturated rings. The highest BCUT2D eigenvalue weighted by Gasteiger charge is 2.24. The number of rotatable bonds is 7. The molecule has 5 nitrogen and oxygen atoms in total. The van der Waals surface area contributed by atoms with Gasteiger partial charge in [-0.1, -0.05) is 0 Å². The van der Waals surface area contributed by atoms with Crippen LogP contribution in [0.1, 0.15) is 41.0 Å². The fourth-order valence-corrected chi connectivity index (χ4v) is 2.46. The Balaban J connectivity index is 2.42. The molecule has 0 spiro atoms. The highest BCUT2D eigenvalue weighted by Crippen LogP contribution is 2.16. The Labute approximate surface area is 130 Å². The van der Waals surface area contributed by atoms with Crippen LogP contribution in [-0.4, -0.2) is 62.3 Å². The molecule has 5 heteroatoms. The van der Waals surface area contributed by atoms with Gasteiger partial charge in [0, 0.05) is 44.2 Å². The summed E-state index contributed by atoms with van der Waals surface area (Å²) < 4.78 is 5.54. The van der Waals surface area contributed by atoms with Gasteiger partial charge < -0.3 is 20.3 Å². The Morgan fingerprint density at radius 3 is 2.71 bits per heavy atom. The summed E-state index contributed by atoms with van der Waals surface area (Å²) in [6.07, 6.45) is 1.20. The maximum atomic E-state index is 5.54. The summed E-state index contributed by atoms with van der Waals surface area (Å²) in [5, 5.41) is 6.88. The molecule has 0 bridgehead atoms. The maximum Gasteiger partial charge on any atom is 0.193 e. The molecule has 0 radical (unpaired) electrons. The predicted octanol–water partition coefficient (Wildman–Crippen LogP) is 1.70. The molecule has 1 aliphatic rings. The highest BCUT2D eigenvalue weighted by molar-refractivity contribution is 5.80. The largest absolute Gasteiger partial charge is 0.381 e. The number of hydrogen-bond acceptors (Lipinski definition) is 3. The van der Waals surface area contributed by atoms with Crippen LogP contribution in [0.4, 0.5) is 0 Å². The van der Waals surface area contributed by atoms with E-state index >= 15 is 0 Å². The van der Waals surface area contributed by atoms with Gasteiger partial charge in [0.05, 0.1) is 13.2 Å². The zero-order valence-electron chi connectivity index (χ0n) is 14.5.